The Labute approximate surface area is 133 Å². The molecule has 0 unspecified atom stereocenters. The molecule has 0 spiro atoms. The van der Waals surface area contributed by atoms with E-state index in [-0.39, 0.29) is 18.3 Å². The smallest absolute Gasteiger partial charge is 0.272 e. The van der Waals surface area contributed by atoms with E-state index < -0.39 is 0 Å². The summed E-state index contributed by atoms with van der Waals surface area (Å²) in [5, 5.41) is 16.3. The maximum atomic E-state index is 12.2. The van der Waals surface area contributed by atoms with Crippen molar-refractivity contribution < 1.29 is 4.79 Å². The fourth-order valence-electron chi connectivity index (χ4n) is 2.26. The third-order valence-corrected chi connectivity index (χ3v) is 4.40. The molecular formula is C13H18ClN5OS. The number of carbonyl (C=O) groups excluding carboxylic acids is 1. The average molecular weight is 328 g/mol. The molecule has 0 radical (unpaired) electrons. The molecule has 21 heavy (non-hydrogen) atoms. The number of carbonyl (C=O) groups is 1. The Balaban J connectivity index is 0.00000161. The Hall–Kier alpha value is -1.44. The van der Waals surface area contributed by atoms with Gasteiger partial charge in [-0.05, 0) is 6.42 Å². The van der Waals surface area contributed by atoms with E-state index in [1.165, 1.54) is 0 Å². The summed E-state index contributed by atoms with van der Waals surface area (Å²) >= 11 is 1.63. The van der Waals surface area contributed by atoms with Gasteiger partial charge in [-0.2, -0.15) is 5.10 Å². The van der Waals surface area contributed by atoms with Gasteiger partial charge in [0.15, 0.2) is 5.69 Å². The maximum Gasteiger partial charge on any atom is 0.272 e. The number of hydrogen-bond donors (Lipinski definition) is 3. The van der Waals surface area contributed by atoms with Crippen LogP contribution in [-0.4, -0.2) is 27.6 Å². The number of halogens is 1. The number of rotatable bonds is 4. The van der Waals surface area contributed by atoms with Crippen LogP contribution in [0.15, 0.2) is 5.38 Å². The lowest BCUT2D eigenvalue weighted by Crippen LogP contribution is -2.28. The van der Waals surface area contributed by atoms with Gasteiger partial charge in [-0.25, -0.2) is 4.98 Å². The van der Waals surface area contributed by atoms with E-state index in [1.54, 1.807) is 11.3 Å². The number of amides is 1. The fraction of sp³-hybridized carbons (Fsp3) is 0.462. The second-order valence-corrected chi connectivity index (χ2v) is 5.67. The van der Waals surface area contributed by atoms with Gasteiger partial charge in [-0.1, -0.05) is 6.92 Å². The van der Waals surface area contributed by atoms with Gasteiger partial charge in [-0.3, -0.25) is 9.89 Å². The average Bonchev–Trinajstić information content (AvgIpc) is 3.11. The van der Waals surface area contributed by atoms with Crippen LogP contribution in [0.4, 0.5) is 0 Å². The third-order valence-electron chi connectivity index (χ3n) is 3.35. The van der Waals surface area contributed by atoms with E-state index in [9.17, 15) is 4.79 Å². The number of thiazole rings is 1. The molecule has 6 nitrogen and oxygen atoms in total. The minimum atomic E-state index is -0.141. The first-order valence-electron chi connectivity index (χ1n) is 6.76. The molecule has 114 valence electrons. The first kappa shape index (κ1) is 15.9. The van der Waals surface area contributed by atoms with Crippen LogP contribution in [0.2, 0.25) is 0 Å². The lowest BCUT2D eigenvalue weighted by Gasteiger charge is -2.12. The second kappa shape index (κ2) is 7.02. The number of aromatic amines is 1. The number of hydrogen-bond acceptors (Lipinski definition) is 5. The van der Waals surface area contributed by atoms with Gasteiger partial charge in [0.1, 0.15) is 0 Å². The number of nitrogens with zero attached hydrogens (tertiary/aromatic N) is 2. The number of aryl methyl sites for hydroxylation is 1. The summed E-state index contributed by atoms with van der Waals surface area (Å²) in [5.74, 6) is -0.141. The van der Waals surface area contributed by atoms with E-state index in [4.69, 9.17) is 0 Å². The zero-order valence-corrected chi connectivity index (χ0v) is 13.4. The zero-order valence-electron chi connectivity index (χ0n) is 11.7. The molecule has 0 saturated heterocycles. The molecule has 0 atom stereocenters. The number of H-pyrrole nitrogens is 1. The van der Waals surface area contributed by atoms with Crippen molar-refractivity contribution in [2.75, 3.05) is 6.54 Å². The van der Waals surface area contributed by atoms with E-state index in [0.29, 0.717) is 18.8 Å². The summed E-state index contributed by atoms with van der Waals surface area (Å²) in [5.41, 5.74) is 3.46. The summed E-state index contributed by atoms with van der Waals surface area (Å²) in [4.78, 5) is 16.6. The molecule has 0 aromatic carbocycles. The second-order valence-electron chi connectivity index (χ2n) is 4.72. The highest BCUT2D eigenvalue weighted by molar-refractivity contribution is 7.09. The third kappa shape index (κ3) is 3.42. The van der Waals surface area contributed by atoms with Gasteiger partial charge in [0.25, 0.3) is 5.91 Å². The van der Waals surface area contributed by atoms with Crippen LogP contribution in [0.1, 0.15) is 39.4 Å². The fourth-order valence-corrected chi connectivity index (χ4v) is 3.00. The molecule has 0 bridgehead atoms. The molecule has 0 saturated carbocycles. The van der Waals surface area contributed by atoms with E-state index in [1.807, 2.05) is 5.38 Å². The van der Waals surface area contributed by atoms with Crippen molar-refractivity contribution in [1.29, 1.82) is 0 Å². The topological polar surface area (TPSA) is 82.7 Å². The minimum absolute atomic E-state index is 0. The molecule has 2 aromatic heterocycles. The summed E-state index contributed by atoms with van der Waals surface area (Å²) in [7, 11) is 0. The summed E-state index contributed by atoms with van der Waals surface area (Å²) in [6, 6.07) is 0. The van der Waals surface area contributed by atoms with Crippen molar-refractivity contribution >= 4 is 29.7 Å². The van der Waals surface area contributed by atoms with E-state index in [0.717, 1.165) is 41.3 Å². The van der Waals surface area contributed by atoms with Crippen LogP contribution in [0.25, 0.3) is 0 Å². The zero-order chi connectivity index (χ0) is 13.9. The van der Waals surface area contributed by atoms with Gasteiger partial charge in [0, 0.05) is 36.1 Å². The van der Waals surface area contributed by atoms with Crippen molar-refractivity contribution in [2.45, 2.75) is 32.9 Å². The SMILES string of the molecule is CCc1nc(CNC(=O)c2n[nH]c3c2CNCC3)cs1.Cl. The quantitative estimate of drug-likeness (QED) is 0.793. The summed E-state index contributed by atoms with van der Waals surface area (Å²) < 4.78 is 0. The molecule has 2 aromatic rings. The first-order chi connectivity index (χ1) is 9.78. The van der Waals surface area contributed by atoms with Crippen molar-refractivity contribution in [1.82, 2.24) is 25.8 Å². The Kier molecular flexibility index (Phi) is 5.33. The highest BCUT2D eigenvalue weighted by Crippen LogP contribution is 2.15. The Morgan fingerprint density at radius 3 is 3.14 bits per heavy atom. The summed E-state index contributed by atoms with van der Waals surface area (Å²) in [6.07, 6.45) is 1.82. The highest BCUT2D eigenvalue weighted by atomic mass is 35.5. The van der Waals surface area contributed by atoms with Crippen molar-refractivity contribution in [2.24, 2.45) is 0 Å². The largest absolute Gasteiger partial charge is 0.345 e. The Morgan fingerprint density at radius 1 is 1.52 bits per heavy atom. The number of fused-ring (bicyclic) bond motifs is 1. The molecule has 1 amide bonds. The molecule has 1 aliphatic heterocycles. The highest BCUT2D eigenvalue weighted by Gasteiger charge is 2.21. The number of nitrogens with one attached hydrogen (secondary N) is 3. The maximum absolute atomic E-state index is 12.2. The molecular weight excluding hydrogens is 310 g/mol. The predicted octanol–water partition coefficient (Wildman–Crippen LogP) is 1.43. The van der Waals surface area contributed by atoms with Gasteiger partial charge in [0.2, 0.25) is 0 Å². The first-order valence-corrected chi connectivity index (χ1v) is 7.64. The van der Waals surface area contributed by atoms with Crippen molar-refractivity contribution in [3.63, 3.8) is 0 Å². The minimum Gasteiger partial charge on any atom is -0.345 e. The molecule has 0 fully saturated rings. The normalized spacial score (nSPS) is 13.4. The number of aromatic nitrogens is 3. The monoisotopic (exact) mass is 327 g/mol. The van der Waals surface area contributed by atoms with Gasteiger partial charge >= 0.3 is 0 Å². The molecule has 0 aliphatic carbocycles. The lowest BCUT2D eigenvalue weighted by molar-refractivity contribution is 0.0944. The Morgan fingerprint density at radius 2 is 2.38 bits per heavy atom. The van der Waals surface area contributed by atoms with E-state index in [2.05, 4.69) is 32.7 Å². The van der Waals surface area contributed by atoms with Crippen LogP contribution in [0, 0.1) is 0 Å². The van der Waals surface area contributed by atoms with Crippen LogP contribution < -0.4 is 10.6 Å². The van der Waals surface area contributed by atoms with Gasteiger partial charge in [0.05, 0.1) is 17.2 Å². The van der Waals surface area contributed by atoms with Gasteiger partial charge in [-0.15, -0.1) is 23.7 Å². The van der Waals surface area contributed by atoms with Crippen LogP contribution in [0.5, 0.6) is 0 Å². The predicted molar refractivity (Wildman–Crippen MR) is 83.9 cm³/mol. The lowest BCUT2D eigenvalue weighted by atomic mass is 10.1. The Bertz CT molecular complexity index is 624. The van der Waals surface area contributed by atoms with Crippen LogP contribution in [0.3, 0.4) is 0 Å². The standard InChI is InChI=1S/C13H17N5OS.ClH/c1-2-11-16-8(7-20-11)5-15-13(19)12-9-6-14-4-3-10(9)17-18-12;/h7,14H,2-6H2,1H3,(H,15,19)(H,17,18);1H. The van der Waals surface area contributed by atoms with Crippen LogP contribution >= 0.6 is 23.7 Å². The van der Waals surface area contributed by atoms with Gasteiger partial charge < -0.3 is 10.6 Å². The molecule has 8 heteroatoms. The molecule has 3 heterocycles. The van der Waals surface area contributed by atoms with Crippen LogP contribution in [-0.2, 0) is 25.9 Å². The molecule has 3 N–H and O–H groups in total. The molecule has 1 aliphatic rings. The van der Waals surface area contributed by atoms with Crippen molar-refractivity contribution in [3.8, 4) is 0 Å². The van der Waals surface area contributed by atoms with E-state index >= 15 is 0 Å². The van der Waals surface area contributed by atoms with Crippen molar-refractivity contribution in [3.05, 3.63) is 33.0 Å². The molecule has 3 rings (SSSR count). The summed E-state index contributed by atoms with van der Waals surface area (Å²) in [6.45, 7) is 4.15.